The van der Waals surface area contributed by atoms with Gasteiger partial charge in [0.15, 0.2) is 0 Å². The minimum atomic E-state index is 0.640. The van der Waals surface area contributed by atoms with Crippen molar-refractivity contribution in [1.82, 2.24) is 0 Å². The Hall–Kier alpha value is -0.490. The monoisotopic (exact) mass is 182 g/mol. The van der Waals surface area contributed by atoms with E-state index in [9.17, 15) is 0 Å². The molecule has 1 unspecified atom stereocenters. The molecular formula is C11H15Cl. The quantitative estimate of drug-likeness (QED) is 0.644. The van der Waals surface area contributed by atoms with Crippen molar-refractivity contribution in [2.45, 2.75) is 33.1 Å². The Balaban J connectivity index is 2.96. The molecule has 0 fully saturated rings. The summed E-state index contributed by atoms with van der Waals surface area (Å²) in [4.78, 5) is 0. The van der Waals surface area contributed by atoms with Crippen LogP contribution in [0.15, 0.2) is 18.2 Å². The van der Waals surface area contributed by atoms with Gasteiger partial charge < -0.3 is 0 Å². The second kappa shape index (κ2) is 3.95. The van der Waals surface area contributed by atoms with E-state index in [-0.39, 0.29) is 0 Å². The normalized spacial score (nSPS) is 13.0. The van der Waals surface area contributed by atoms with Crippen molar-refractivity contribution in [2.75, 3.05) is 0 Å². The van der Waals surface area contributed by atoms with Crippen LogP contribution in [0.25, 0.3) is 0 Å². The van der Waals surface area contributed by atoms with Crippen LogP contribution in [0.5, 0.6) is 0 Å². The SMILES string of the molecule is CCC(C)c1ccc(Cl)c(C)c1. The average Bonchev–Trinajstić information content (AvgIpc) is 2.08. The molecule has 12 heavy (non-hydrogen) atoms. The third-order valence-corrected chi connectivity index (χ3v) is 2.79. The molecule has 0 spiro atoms. The molecule has 0 aliphatic carbocycles. The smallest absolute Gasteiger partial charge is 0.0435 e. The highest BCUT2D eigenvalue weighted by Crippen LogP contribution is 2.23. The van der Waals surface area contributed by atoms with E-state index in [1.165, 1.54) is 17.5 Å². The lowest BCUT2D eigenvalue weighted by Gasteiger charge is -2.09. The van der Waals surface area contributed by atoms with Crippen LogP contribution in [0, 0.1) is 6.92 Å². The number of benzene rings is 1. The van der Waals surface area contributed by atoms with Crippen LogP contribution >= 0.6 is 11.6 Å². The molecule has 0 aliphatic rings. The molecule has 0 aliphatic heterocycles. The predicted molar refractivity (Wildman–Crippen MR) is 54.9 cm³/mol. The summed E-state index contributed by atoms with van der Waals surface area (Å²) in [6, 6.07) is 6.28. The summed E-state index contributed by atoms with van der Waals surface area (Å²) < 4.78 is 0. The van der Waals surface area contributed by atoms with E-state index in [1.807, 2.05) is 13.0 Å². The van der Waals surface area contributed by atoms with Crippen molar-refractivity contribution in [3.05, 3.63) is 34.3 Å². The Morgan fingerprint density at radius 1 is 1.42 bits per heavy atom. The first kappa shape index (κ1) is 9.60. The highest BCUT2D eigenvalue weighted by Gasteiger charge is 2.03. The molecular weight excluding hydrogens is 168 g/mol. The molecule has 1 aromatic rings. The summed E-state index contributed by atoms with van der Waals surface area (Å²) in [5, 5.41) is 0.863. The van der Waals surface area contributed by atoms with Gasteiger partial charge in [0.05, 0.1) is 0 Å². The van der Waals surface area contributed by atoms with Gasteiger partial charge in [0, 0.05) is 5.02 Å². The molecule has 1 rings (SSSR count). The van der Waals surface area contributed by atoms with Gasteiger partial charge in [0.2, 0.25) is 0 Å². The van der Waals surface area contributed by atoms with E-state index in [0.29, 0.717) is 5.92 Å². The standard InChI is InChI=1S/C11H15Cl/c1-4-8(2)10-5-6-11(12)9(3)7-10/h5-8H,4H2,1-3H3. The fourth-order valence-electron chi connectivity index (χ4n) is 1.21. The first-order chi connectivity index (χ1) is 5.65. The number of halogens is 1. The molecule has 1 aromatic carbocycles. The largest absolute Gasteiger partial charge is 0.0841 e. The zero-order valence-corrected chi connectivity index (χ0v) is 8.65. The summed E-state index contributed by atoms with van der Waals surface area (Å²) >= 11 is 5.93. The second-order valence-corrected chi connectivity index (χ2v) is 3.73. The zero-order valence-electron chi connectivity index (χ0n) is 7.89. The topological polar surface area (TPSA) is 0 Å². The Morgan fingerprint density at radius 3 is 2.58 bits per heavy atom. The molecule has 0 aromatic heterocycles. The maximum absolute atomic E-state index is 5.93. The van der Waals surface area contributed by atoms with E-state index in [0.717, 1.165) is 5.02 Å². The lowest BCUT2D eigenvalue weighted by atomic mass is 9.97. The molecule has 0 N–H and O–H groups in total. The maximum Gasteiger partial charge on any atom is 0.0435 e. The van der Waals surface area contributed by atoms with E-state index in [4.69, 9.17) is 11.6 Å². The minimum Gasteiger partial charge on any atom is -0.0841 e. The third kappa shape index (κ3) is 2.01. The van der Waals surface area contributed by atoms with Gasteiger partial charge in [-0.05, 0) is 36.5 Å². The second-order valence-electron chi connectivity index (χ2n) is 3.32. The lowest BCUT2D eigenvalue weighted by molar-refractivity contribution is 0.733. The number of aryl methyl sites for hydroxylation is 1. The van der Waals surface area contributed by atoms with Crippen molar-refractivity contribution < 1.29 is 0 Å². The first-order valence-electron chi connectivity index (χ1n) is 4.41. The van der Waals surface area contributed by atoms with Crippen LogP contribution in [0.2, 0.25) is 5.02 Å². The van der Waals surface area contributed by atoms with Crippen LogP contribution in [0.4, 0.5) is 0 Å². The van der Waals surface area contributed by atoms with Gasteiger partial charge in [0.25, 0.3) is 0 Å². The van der Waals surface area contributed by atoms with Gasteiger partial charge in [-0.3, -0.25) is 0 Å². The molecule has 1 heteroatoms. The summed E-state index contributed by atoms with van der Waals surface area (Å²) in [5.74, 6) is 0.640. The lowest BCUT2D eigenvalue weighted by Crippen LogP contribution is -1.91. The van der Waals surface area contributed by atoms with Crippen LogP contribution in [-0.2, 0) is 0 Å². The summed E-state index contributed by atoms with van der Waals surface area (Å²) in [6.07, 6.45) is 1.18. The first-order valence-corrected chi connectivity index (χ1v) is 4.79. The minimum absolute atomic E-state index is 0.640. The highest BCUT2D eigenvalue weighted by atomic mass is 35.5. The predicted octanol–water partition coefficient (Wildman–Crippen LogP) is 4.16. The molecule has 0 saturated carbocycles. The number of hydrogen-bond acceptors (Lipinski definition) is 0. The van der Waals surface area contributed by atoms with E-state index in [1.54, 1.807) is 0 Å². The van der Waals surface area contributed by atoms with E-state index < -0.39 is 0 Å². The zero-order chi connectivity index (χ0) is 9.14. The van der Waals surface area contributed by atoms with E-state index >= 15 is 0 Å². The third-order valence-electron chi connectivity index (χ3n) is 2.36. The van der Waals surface area contributed by atoms with Crippen LogP contribution in [0.1, 0.15) is 37.3 Å². The molecule has 0 amide bonds. The molecule has 0 nitrogen and oxygen atoms in total. The summed E-state index contributed by atoms with van der Waals surface area (Å²) in [6.45, 7) is 6.49. The fourth-order valence-corrected chi connectivity index (χ4v) is 1.33. The molecule has 0 saturated heterocycles. The van der Waals surface area contributed by atoms with Crippen LogP contribution in [0.3, 0.4) is 0 Å². The van der Waals surface area contributed by atoms with Crippen molar-refractivity contribution >= 4 is 11.6 Å². The van der Waals surface area contributed by atoms with Crippen molar-refractivity contribution in [3.63, 3.8) is 0 Å². The average molecular weight is 183 g/mol. The van der Waals surface area contributed by atoms with Gasteiger partial charge >= 0.3 is 0 Å². The molecule has 0 bridgehead atoms. The van der Waals surface area contributed by atoms with Crippen LogP contribution < -0.4 is 0 Å². The molecule has 0 heterocycles. The van der Waals surface area contributed by atoms with Gasteiger partial charge in [-0.15, -0.1) is 0 Å². The Kier molecular flexibility index (Phi) is 3.16. The van der Waals surface area contributed by atoms with Gasteiger partial charge in [-0.1, -0.05) is 37.6 Å². The van der Waals surface area contributed by atoms with Crippen molar-refractivity contribution in [1.29, 1.82) is 0 Å². The highest BCUT2D eigenvalue weighted by molar-refractivity contribution is 6.31. The van der Waals surface area contributed by atoms with Gasteiger partial charge in [0.1, 0.15) is 0 Å². The Morgan fingerprint density at radius 2 is 2.08 bits per heavy atom. The van der Waals surface area contributed by atoms with Crippen molar-refractivity contribution in [3.8, 4) is 0 Å². The molecule has 0 radical (unpaired) electrons. The Bertz CT molecular complexity index is 266. The van der Waals surface area contributed by atoms with Gasteiger partial charge in [-0.25, -0.2) is 0 Å². The number of rotatable bonds is 2. The molecule has 1 atom stereocenters. The van der Waals surface area contributed by atoms with Crippen molar-refractivity contribution in [2.24, 2.45) is 0 Å². The fraction of sp³-hybridized carbons (Fsp3) is 0.455. The Labute approximate surface area is 79.6 Å². The van der Waals surface area contributed by atoms with E-state index in [2.05, 4.69) is 26.0 Å². The maximum atomic E-state index is 5.93. The number of hydrogen-bond donors (Lipinski definition) is 0. The molecule has 66 valence electrons. The summed E-state index contributed by atoms with van der Waals surface area (Å²) in [5.41, 5.74) is 2.56. The summed E-state index contributed by atoms with van der Waals surface area (Å²) in [7, 11) is 0. The van der Waals surface area contributed by atoms with Crippen LogP contribution in [-0.4, -0.2) is 0 Å². The van der Waals surface area contributed by atoms with Gasteiger partial charge in [-0.2, -0.15) is 0 Å².